The molecule has 0 amide bonds. The highest BCUT2D eigenvalue weighted by atomic mass is 35.5. The molecule has 5 heteroatoms. The third-order valence-electron chi connectivity index (χ3n) is 1.90. The molecule has 0 atom stereocenters. The van der Waals surface area contributed by atoms with Crippen LogP contribution >= 0.6 is 11.6 Å². The average molecular weight is 210 g/mol. The Morgan fingerprint density at radius 3 is 2.36 bits per heavy atom. The van der Waals surface area contributed by atoms with E-state index in [2.05, 4.69) is 10.2 Å². The second-order valence-corrected chi connectivity index (χ2v) is 3.33. The number of hydrogen-bond acceptors (Lipinski definition) is 3. The van der Waals surface area contributed by atoms with E-state index >= 15 is 0 Å². The Morgan fingerprint density at radius 2 is 1.86 bits per heavy atom. The lowest BCUT2D eigenvalue weighted by atomic mass is 10.2. The van der Waals surface area contributed by atoms with Crippen LogP contribution in [0.15, 0.2) is 24.3 Å². The highest BCUT2D eigenvalue weighted by Gasteiger charge is 2.08. The van der Waals surface area contributed by atoms with Crippen LogP contribution in [0.25, 0.3) is 11.4 Å². The predicted octanol–water partition coefficient (Wildman–Crippen LogP) is 2.14. The third-order valence-corrected chi connectivity index (χ3v) is 2.15. The first-order chi connectivity index (χ1) is 6.68. The van der Waals surface area contributed by atoms with Crippen LogP contribution in [0.3, 0.4) is 0 Å². The molecule has 0 unspecified atom stereocenters. The van der Waals surface area contributed by atoms with Crippen LogP contribution in [0.2, 0.25) is 5.02 Å². The Balaban J connectivity index is 2.49. The molecule has 0 bridgehead atoms. The van der Waals surface area contributed by atoms with Crippen LogP contribution in [-0.2, 0) is 0 Å². The third kappa shape index (κ3) is 1.44. The molecule has 0 saturated carbocycles. The molecule has 0 saturated heterocycles. The van der Waals surface area contributed by atoms with Gasteiger partial charge in [-0.25, -0.2) is 0 Å². The lowest BCUT2D eigenvalue weighted by molar-refractivity contribution is 0.183. The summed E-state index contributed by atoms with van der Waals surface area (Å²) < 4.78 is 0.948. The Morgan fingerprint density at radius 1 is 1.21 bits per heavy atom. The van der Waals surface area contributed by atoms with Gasteiger partial charge in [0.05, 0.1) is 0 Å². The van der Waals surface area contributed by atoms with Gasteiger partial charge in [-0.2, -0.15) is 4.73 Å². The van der Waals surface area contributed by atoms with Gasteiger partial charge >= 0.3 is 0 Å². The molecular formula is C9H8ClN3O. The van der Waals surface area contributed by atoms with Gasteiger partial charge in [0.25, 0.3) is 0 Å². The molecule has 0 aliphatic rings. The number of nitrogens with zero attached hydrogens (tertiary/aromatic N) is 3. The van der Waals surface area contributed by atoms with Crippen molar-refractivity contribution in [1.82, 2.24) is 14.9 Å². The first kappa shape index (κ1) is 9.02. The maximum absolute atomic E-state index is 9.52. The summed E-state index contributed by atoms with van der Waals surface area (Å²) in [5, 5.41) is 17.7. The highest BCUT2D eigenvalue weighted by Crippen LogP contribution is 2.19. The van der Waals surface area contributed by atoms with E-state index in [4.69, 9.17) is 11.6 Å². The maximum atomic E-state index is 9.52. The van der Waals surface area contributed by atoms with Crippen LogP contribution in [0, 0.1) is 6.92 Å². The number of aryl methyl sites for hydroxylation is 1. The van der Waals surface area contributed by atoms with Crippen LogP contribution in [0.1, 0.15) is 5.82 Å². The lowest BCUT2D eigenvalue weighted by Crippen LogP contribution is -1.96. The largest absolute Gasteiger partial charge is 0.425 e. The topological polar surface area (TPSA) is 50.9 Å². The minimum atomic E-state index is 0.416. The van der Waals surface area contributed by atoms with Crippen LogP contribution in [0.4, 0.5) is 0 Å². The standard InChI is InChI=1S/C9H8ClN3O/c1-6-11-12-9(13(6)14)7-2-4-8(10)5-3-7/h2-5,14H,1H3. The van der Waals surface area contributed by atoms with E-state index in [1.54, 1.807) is 31.2 Å². The van der Waals surface area contributed by atoms with Gasteiger partial charge in [-0.3, -0.25) is 0 Å². The summed E-state index contributed by atoms with van der Waals surface area (Å²) in [5.41, 5.74) is 0.775. The second-order valence-electron chi connectivity index (χ2n) is 2.89. The monoisotopic (exact) mass is 209 g/mol. The van der Waals surface area contributed by atoms with Gasteiger partial charge in [0.2, 0.25) is 0 Å². The van der Waals surface area contributed by atoms with E-state index in [-0.39, 0.29) is 0 Å². The van der Waals surface area contributed by atoms with E-state index in [1.807, 2.05) is 0 Å². The molecule has 1 heterocycles. The van der Waals surface area contributed by atoms with E-state index in [1.165, 1.54) is 0 Å². The van der Waals surface area contributed by atoms with Crippen molar-refractivity contribution >= 4 is 11.6 Å². The van der Waals surface area contributed by atoms with E-state index in [0.717, 1.165) is 10.3 Å². The fraction of sp³-hybridized carbons (Fsp3) is 0.111. The number of rotatable bonds is 1. The summed E-state index contributed by atoms with van der Waals surface area (Å²) in [5.74, 6) is 0.870. The Kier molecular flexibility index (Phi) is 2.13. The van der Waals surface area contributed by atoms with Crippen molar-refractivity contribution in [3.63, 3.8) is 0 Å². The van der Waals surface area contributed by atoms with Crippen molar-refractivity contribution in [3.05, 3.63) is 35.1 Å². The molecule has 0 spiro atoms. The number of hydrogen-bond donors (Lipinski definition) is 1. The van der Waals surface area contributed by atoms with Gasteiger partial charge in [-0.15, -0.1) is 10.2 Å². The van der Waals surface area contributed by atoms with Crippen molar-refractivity contribution in [1.29, 1.82) is 0 Å². The minimum absolute atomic E-state index is 0.416. The van der Waals surface area contributed by atoms with Gasteiger partial charge in [-0.05, 0) is 31.2 Å². The first-order valence-corrected chi connectivity index (χ1v) is 4.43. The molecule has 0 fully saturated rings. The molecule has 1 aromatic heterocycles. The molecule has 2 rings (SSSR count). The summed E-state index contributed by atoms with van der Waals surface area (Å²) in [6.45, 7) is 1.67. The smallest absolute Gasteiger partial charge is 0.199 e. The van der Waals surface area contributed by atoms with Crippen molar-refractivity contribution in [2.75, 3.05) is 0 Å². The van der Waals surface area contributed by atoms with Gasteiger partial charge in [0.1, 0.15) is 0 Å². The predicted molar refractivity (Wildman–Crippen MR) is 52.4 cm³/mol. The number of aromatic nitrogens is 3. The Hall–Kier alpha value is -1.55. The first-order valence-electron chi connectivity index (χ1n) is 4.05. The average Bonchev–Trinajstić information content (AvgIpc) is 2.50. The summed E-state index contributed by atoms with van der Waals surface area (Å²) in [6.07, 6.45) is 0. The molecule has 0 radical (unpaired) electrons. The van der Waals surface area contributed by atoms with Gasteiger partial charge < -0.3 is 5.21 Å². The normalized spacial score (nSPS) is 10.4. The lowest BCUT2D eigenvalue weighted by Gasteiger charge is -1.99. The van der Waals surface area contributed by atoms with Gasteiger partial charge in [0.15, 0.2) is 11.6 Å². The van der Waals surface area contributed by atoms with Crippen LogP contribution in [0.5, 0.6) is 0 Å². The molecule has 1 N–H and O–H groups in total. The van der Waals surface area contributed by atoms with Crippen molar-refractivity contribution < 1.29 is 5.21 Å². The fourth-order valence-electron chi connectivity index (χ4n) is 1.14. The van der Waals surface area contributed by atoms with Crippen molar-refractivity contribution in [2.45, 2.75) is 6.92 Å². The molecule has 4 nitrogen and oxygen atoms in total. The SMILES string of the molecule is Cc1nnc(-c2ccc(Cl)cc2)n1O. The molecule has 72 valence electrons. The zero-order valence-corrected chi connectivity index (χ0v) is 8.23. The number of benzene rings is 1. The molecule has 0 aliphatic carbocycles. The minimum Gasteiger partial charge on any atom is -0.425 e. The molecule has 14 heavy (non-hydrogen) atoms. The van der Waals surface area contributed by atoms with Crippen molar-refractivity contribution in [2.24, 2.45) is 0 Å². The molecule has 1 aromatic carbocycles. The molecular weight excluding hydrogens is 202 g/mol. The summed E-state index contributed by atoms with van der Waals surface area (Å²) >= 11 is 5.74. The maximum Gasteiger partial charge on any atom is 0.199 e. The zero-order chi connectivity index (χ0) is 10.1. The van der Waals surface area contributed by atoms with Crippen molar-refractivity contribution in [3.8, 4) is 11.4 Å². The summed E-state index contributed by atoms with van der Waals surface area (Å²) in [4.78, 5) is 0. The van der Waals surface area contributed by atoms with E-state index < -0.39 is 0 Å². The summed E-state index contributed by atoms with van der Waals surface area (Å²) in [7, 11) is 0. The second kappa shape index (κ2) is 3.31. The quantitative estimate of drug-likeness (QED) is 0.733. The Labute approximate surface area is 85.7 Å². The zero-order valence-electron chi connectivity index (χ0n) is 7.48. The fourth-order valence-corrected chi connectivity index (χ4v) is 1.26. The van der Waals surface area contributed by atoms with Crippen LogP contribution < -0.4 is 0 Å². The molecule has 2 aromatic rings. The van der Waals surface area contributed by atoms with E-state index in [9.17, 15) is 5.21 Å². The molecule has 0 aliphatic heterocycles. The van der Waals surface area contributed by atoms with E-state index in [0.29, 0.717) is 16.7 Å². The van der Waals surface area contributed by atoms with Gasteiger partial charge in [0, 0.05) is 10.6 Å². The van der Waals surface area contributed by atoms with Gasteiger partial charge in [-0.1, -0.05) is 11.6 Å². The highest BCUT2D eigenvalue weighted by molar-refractivity contribution is 6.30. The Bertz CT molecular complexity index is 450. The summed E-state index contributed by atoms with van der Waals surface area (Å²) in [6, 6.07) is 7.03. The number of halogens is 1. The van der Waals surface area contributed by atoms with Crippen LogP contribution in [-0.4, -0.2) is 20.1 Å².